The summed E-state index contributed by atoms with van der Waals surface area (Å²) in [4.78, 5) is 11.0. The summed E-state index contributed by atoms with van der Waals surface area (Å²) in [7, 11) is 1.45. The van der Waals surface area contributed by atoms with Crippen LogP contribution >= 0.6 is 0 Å². The Morgan fingerprint density at radius 1 is 1.32 bits per heavy atom. The van der Waals surface area contributed by atoms with Gasteiger partial charge in [0, 0.05) is 7.11 Å². The lowest BCUT2D eigenvalue weighted by molar-refractivity contribution is -0.147. The van der Waals surface area contributed by atoms with Crippen molar-refractivity contribution < 1.29 is 19.4 Å². The van der Waals surface area contributed by atoms with E-state index in [9.17, 15) is 4.79 Å². The van der Waals surface area contributed by atoms with Crippen LogP contribution in [-0.2, 0) is 14.9 Å². The third kappa shape index (κ3) is 4.24. The molecule has 0 bridgehead atoms. The van der Waals surface area contributed by atoms with Crippen molar-refractivity contribution in [1.29, 1.82) is 0 Å². The van der Waals surface area contributed by atoms with Gasteiger partial charge < -0.3 is 14.6 Å². The maximum absolute atomic E-state index is 11.0. The first-order valence-electron chi connectivity index (χ1n) is 6.39. The normalized spacial score (nSPS) is 13.1. The van der Waals surface area contributed by atoms with Crippen LogP contribution in [0.15, 0.2) is 24.3 Å². The summed E-state index contributed by atoms with van der Waals surface area (Å²) in [6.07, 6.45) is 0.0595. The first-order valence-corrected chi connectivity index (χ1v) is 6.39. The molecule has 0 heterocycles. The van der Waals surface area contributed by atoms with Gasteiger partial charge in [-0.05, 0) is 29.5 Å². The van der Waals surface area contributed by atoms with Crippen molar-refractivity contribution in [3.05, 3.63) is 29.8 Å². The van der Waals surface area contributed by atoms with Crippen LogP contribution in [0, 0.1) is 0 Å². The fraction of sp³-hybridized carbons (Fsp3) is 0.533. The van der Waals surface area contributed by atoms with E-state index in [4.69, 9.17) is 14.6 Å². The van der Waals surface area contributed by atoms with Crippen molar-refractivity contribution in [2.75, 3.05) is 13.7 Å². The van der Waals surface area contributed by atoms with Crippen LogP contribution in [0.5, 0.6) is 5.75 Å². The van der Waals surface area contributed by atoms with Crippen molar-refractivity contribution >= 4 is 5.97 Å². The zero-order valence-electron chi connectivity index (χ0n) is 12.0. The molecule has 4 heteroatoms. The van der Waals surface area contributed by atoms with E-state index in [-0.39, 0.29) is 12.0 Å². The van der Waals surface area contributed by atoms with Gasteiger partial charge in [0.05, 0.1) is 6.61 Å². The summed E-state index contributed by atoms with van der Waals surface area (Å²) < 4.78 is 10.2. The lowest BCUT2D eigenvalue weighted by atomic mass is 9.82. The van der Waals surface area contributed by atoms with Gasteiger partial charge in [-0.25, -0.2) is 4.79 Å². The molecule has 0 amide bonds. The predicted octanol–water partition coefficient (Wildman–Crippen LogP) is 2.85. The summed E-state index contributed by atoms with van der Waals surface area (Å²) in [5.74, 6) is -0.486. The Hall–Kier alpha value is -1.55. The van der Waals surface area contributed by atoms with Crippen LogP contribution in [0.3, 0.4) is 0 Å². The molecule has 4 nitrogen and oxygen atoms in total. The van der Waals surface area contributed by atoms with Crippen molar-refractivity contribution in [2.24, 2.45) is 0 Å². The highest BCUT2D eigenvalue weighted by Crippen LogP contribution is 2.28. The summed E-state index contributed by atoms with van der Waals surface area (Å²) >= 11 is 0. The fourth-order valence-electron chi connectivity index (χ4n) is 1.66. The van der Waals surface area contributed by atoms with Gasteiger partial charge in [0.2, 0.25) is 6.10 Å². The maximum Gasteiger partial charge on any atom is 0.347 e. The molecule has 1 atom stereocenters. The smallest absolute Gasteiger partial charge is 0.347 e. The second-order valence-corrected chi connectivity index (χ2v) is 5.16. The van der Waals surface area contributed by atoms with E-state index in [1.807, 2.05) is 12.1 Å². The van der Waals surface area contributed by atoms with Gasteiger partial charge in [-0.2, -0.15) is 0 Å². The summed E-state index contributed by atoms with van der Waals surface area (Å²) in [6, 6.07) is 7.56. The van der Waals surface area contributed by atoms with Crippen molar-refractivity contribution in [3.8, 4) is 5.75 Å². The number of hydrogen-bond acceptors (Lipinski definition) is 3. The van der Waals surface area contributed by atoms with E-state index in [0.717, 1.165) is 6.42 Å². The Labute approximate surface area is 114 Å². The Bertz CT molecular complexity index is 409. The molecular formula is C15H22O4. The van der Waals surface area contributed by atoms with Gasteiger partial charge in [0.25, 0.3) is 0 Å². The largest absolute Gasteiger partial charge is 0.478 e. The van der Waals surface area contributed by atoms with Crippen LogP contribution in [0.4, 0.5) is 0 Å². The van der Waals surface area contributed by atoms with Gasteiger partial charge in [-0.1, -0.05) is 32.9 Å². The summed E-state index contributed by atoms with van der Waals surface area (Å²) in [5, 5.41) is 8.98. The molecular weight excluding hydrogens is 244 g/mol. The first-order chi connectivity index (χ1) is 8.90. The Morgan fingerprint density at radius 3 is 2.32 bits per heavy atom. The van der Waals surface area contributed by atoms with Gasteiger partial charge in [0.1, 0.15) is 5.75 Å². The number of carbonyl (C=O) groups is 1. The minimum atomic E-state index is -1.03. The Balaban J connectivity index is 2.79. The minimum Gasteiger partial charge on any atom is -0.478 e. The highest BCUT2D eigenvalue weighted by molar-refractivity contribution is 5.72. The van der Waals surface area contributed by atoms with Gasteiger partial charge in [-0.15, -0.1) is 0 Å². The number of carboxylic acid groups (broad SMARTS) is 1. The average Bonchev–Trinajstić information content (AvgIpc) is 2.38. The predicted molar refractivity (Wildman–Crippen MR) is 73.7 cm³/mol. The second-order valence-electron chi connectivity index (χ2n) is 5.16. The molecule has 0 aliphatic heterocycles. The molecule has 0 spiro atoms. The molecule has 1 unspecified atom stereocenters. The summed E-state index contributed by atoms with van der Waals surface area (Å²) in [5.41, 5.74) is 1.32. The molecule has 1 aromatic carbocycles. The Morgan fingerprint density at radius 2 is 1.89 bits per heavy atom. The average molecular weight is 266 g/mol. The molecule has 0 saturated heterocycles. The molecule has 19 heavy (non-hydrogen) atoms. The lowest BCUT2D eigenvalue weighted by Gasteiger charge is -2.23. The number of carboxylic acids is 1. The van der Waals surface area contributed by atoms with Gasteiger partial charge >= 0.3 is 5.97 Å². The van der Waals surface area contributed by atoms with E-state index in [1.54, 1.807) is 12.1 Å². The number of rotatable bonds is 7. The van der Waals surface area contributed by atoms with Gasteiger partial charge in [-0.3, -0.25) is 0 Å². The molecule has 0 aliphatic carbocycles. The monoisotopic (exact) mass is 266 g/mol. The molecule has 1 rings (SSSR count). The first kappa shape index (κ1) is 15.5. The molecule has 106 valence electrons. The molecule has 0 aliphatic rings. The molecule has 1 N–H and O–H groups in total. The second kappa shape index (κ2) is 6.57. The lowest BCUT2D eigenvalue weighted by Crippen LogP contribution is -2.31. The van der Waals surface area contributed by atoms with E-state index in [0.29, 0.717) is 5.75 Å². The number of ether oxygens (including phenoxy) is 2. The van der Waals surface area contributed by atoms with E-state index in [2.05, 4.69) is 20.8 Å². The topological polar surface area (TPSA) is 55.8 Å². The summed E-state index contributed by atoms with van der Waals surface area (Å²) in [6.45, 7) is 6.52. The molecule has 0 fully saturated rings. The Kier molecular flexibility index (Phi) is 5.36. The van der Waals surface area contributed by atoms with E-state index in [1.165, 1.54) is 12.7 Å². The van der Waals surface area contributed by atoms with Crippen LogP contribution in [-0.4, -0.2) is 30.9 Å². The van der Waals surface area contributed by atoms with Crippen molar-refractivity contribution in [2.45, 2.75) is 38.7 Å². The number of hydrogen-bond donors (Lipinski definition) is 1. The zero-order chi connectivity index (χ0) is 14.5. The van der Waals surface area contributed by atoms with Crippen LogP contribution in [0.1, 0.15) is 32.8 Å². The van der Waals surface area contributed by atoms with E-state index >= 15 is 0 Å². The quantitative estimate of drug-likeness (QED) is 0.824. The van der Waals surface area contributed by atoms with Crippen LogP contribution < -0.4 is 4.74 Å². The highest BCUT2D eigenvalue weighted by atomic mass is 16.5. The van der Waals surface area contributed by atoms with E-state index < -0.39 is 12.1 Å². The standard InChI is InChI=1S/C15H22O4/c1-5-15(2,3)11-6-8-12(9-7-11)19-13(10-18-4)14(16)17/h6-9,13H,5,10H2,1-4H3,(H,16,17). The van der Waals surface area contributed by atoms with Crippen LogP contribution in [0.25, 0.3) is 0 Å². The number of benzene rings is 1. The highest BCUT2D eigenvalue weighted by Gasteiger charge is 2.20. The molecule has 0 saturated carbocycles. The van der Waals surface area contributed by atoms with Crippen molar-refractivity contribution in [3.63, 3.8) is 0 Å². The molecule has 0 radical (unpaired) electrons. The third-order valence-corrected chi connectivity index (χ3v) is 3.39. The zero-order valence-corrected chi connectivity index (χ0v) is 12.0. The number of methoxy groups -OCH3 is 1. The van der Waals surface area contributed by atoms with Crippen LogP contribution in [0.2, 0.25) is 0 Å². The minimum absolute atomic E-state index is 0.0253. The third-order valence-electron chi connectivity index (χ3n) is 3.39. The molecule has 0 aromatic heterocycles. The van der Waals surface area contributed by atoms with Gasteiger partial charge in [0.15, 0.2) is 0 Å². The fourth-order valence-corrected chi connectivity index (χ4v) is 1.66. The molecule has 1 aromatic rings. The maximum atomic E-state index is 11.0. The van der Waals surface area contributed by atoms with Crippen molar-refractivity contribution in [1.82, 2.24) is 0 Å². The SMILES string of the molecule is CCC(C)(C)c1ccc(OC(COC)C(=O)O)cc1. The number of aliphatic carboxylic acids is 1.